The summed E-state index contributed by atoms with van der Waals surface area (Å²) in [6.45, 7) is 7.80. The summed E-state index contributed by atoms with van der Waals surface area (Å²) < 4.78 is 0. The zero-order valence-electron chi connectivity index (χ0n) is 10.3. The monoisotopic (exact) mass is 232 g/mol. The summed E-state index contributed by atoms with van der Waals surface area (Å²) in [4.78, 5) is 11.7. The van der Waals surface area contributed by atoms with Crippen LogP contribution in [0.4, 0.5) is 0 Å². The van der Waals surface area contributed by atoms with Gasteiger partial charge in [-0.15, -0.1) is 0 Å². The average Bonchev–Trinajstić information content (AvgIpc) is 2.24. The Morgan fingerprint density at radius 2 is 2.07 bits per heavy atom. The highest BCUT2D eigenvalue weighted by Crippen LogP contribution is 2.02. The van der Waals surface area contributed by atoms with Crippen molar-refractivity contribution < 1.29 is 4.79 Å². The first-order valence-electron chi connectivity index (χ1n) is 5.65. The van der Waals surface area contributed by atoms with Crippen molar-refractivity contribution in [2.75, 3.05) is 25.1 Å². The summed E-state index contributed by atoms with van der Waals surface area (Å²) in [5, 5.41) is 6.26. The van der Waals surface area contributed by atoms with Gasteiger partial charge in [0, 0.05) is 24.3 Å². The molecule has 0 bridgehead atoms. The Kier molecular flexibility index (Phi) is 8.91. The van der Waals surface area contributed by atoms with Gasteiger partial charge in [0.25, 0.3) is 0 Å². The molecule has 0 saturated heterocycles. The summed E-state index contributed by atoms with van der Waals surface area (Å²) in [5.41, 5.74) is 0. The molecule has 2 atom stereocenters. The predicted octanol–water partition coefficient (Wildman–Crippen LogP) is 1.49. The van der Waals surface area contributed by atoms with Crippen LogP contribution in [0, 0.1) is 5.92 Å². The second-order valence-electron chi connectivity index (χ2n) is 3.78. The van der Waals surface area contributed by atoms with Crippen molar-refractivity contribution in [2.45, 2.75) is 33.2 Å². The number of hydrogen-bond acceptors (Lipinski definition) is 3. The molecule has 0 heterocycles. The molecule has 0 aliphatic carbocycles. The summed E-state index contributed by atoms with van der Waals surface area (Å²) >= 11 is 1.78. The molecule has 0 spiro atoms. The van der Waals surface area contributed by atoms with Crippen molar-refractivity contribution in [3.05, 3.63) is 0 Å². The Labute approximate surface area is 97.8 Å². The number of hydrogen-bond donors (Lipinski definition) is 2. The van der Waals surface area contributed by atoms with Crippen LogP contribution in [0.15, 0.2) is 0 Å². The van der Waals surface area contributed by atoms with Crippen LogP contribution in [-0.2, 0) is 4.79 Å². The van der Waals surface area contributed by atoms with Crippen molar-refractivity contribution in [3.8, 4) is 0 Å². The van der Waals surface area contributed by atoms with E-state index in [0.717, 1.165) is 25.3 Å². The highest BCUT2D eigenvalue weighted by molar-refractivity contribution is 7.98. The molecule has 0 radical (unpaired) electrons. The first-order valence-corrected chi connectivity index (χ1v) is 7.05. The van der Waals surface area contributed by atoms with Crippen molar-refractivity contribution in [2.24, 2.45) is 5.92 Å². The van der Waals surface area contributed by atoms with E-state index in [1.54, 1.807) is 11.8 Å². The second-order valence-corrected chi connectivity index (χ2v) is 4.69. The fraction of sp³-hybridized carbons (Fsp3) is 0.909. The van der Waals surface area contributed by atoms with E-state index in [9.17, 15) is 4.79 Å². The quantitative estimate of drug-likeness (QED) is 0.666. The first-order chi connectivity index (χ1) is 7.15. The Morgan fingerprint density at radius 3 is 2.53 bits per heavy atom. The van der Waals surface area contributed by atoms with E-state index in [-0.39, 0.29) is 11.8 Å². The normalized spacial score (nSPS) is 14.7. The number of rotatable bonds is 8. The van der Waals surface area contributed by atoms with Gasteiger partial charge < -0.3 is 10.6 Å². The zero-order chi connectivity index (χ0) is 11.7. The Hall–Kier alpha value is -0.220. The van der Waals surface area contributed by atoms with Crippen molar-refractivity contribution >= 4 is 17.7 Å². The van der Waals surface area contributed by atoms with Gasteiger partial charge >= 0.3 is 0 Å². The summed E-state index contributed by atoms with van der Waals surface area (Å²) in [6, 6.07) is 0.316. The molecule has 2 unspecified atom stereocenters. The number of thioether (sulfide) groups is 1. The molecule has 1 amide bonds. The van der Waals surface area contributed by atoms with E-state index in [1.807, 2.05) is 13.8 Å². The van der Waals surface area contributed by atoms with Crippen LogP contribution in [0.5, 0.6) is 0 Å². The van der Waals surface area contributed by atoms with Crippen LogP contribution in [0.1, 0.15) is 27.2 Å². The van der Waals surface area contributed by atoms with Gasteiger partial charge in [0.05, 0.1) is 0 Å². The largest absolute Gasteiger partial charge is 0.352 e. The highest BCUT2D eigenvalue weighted by atomic mass is 32.2. The molecule has 90 valence electrons. The van der Waals surface area contributed by atoms with Gasteiger partial charge in [-0.2, -0.15) is 11.8 Å². The lowest BCUT2D eigenvalue weighted by molar-refractivity contribution is -0.124. The molecule has 0 saturated carbocycles. The molecule has 0 aromatic carbocycles. The van der Waals surface area contributed by atoms with Gasteiger partial charge in [-0.05, 0) is 19.2 Å². The maximum Gasteiger partial charge on any atom is 0.224 e. The van der Waals surface area contributed by atoms with Crippen molar-refractivity contribution in [1.82, 2.24) is 10.6 Å². The third-order valence-electron chi connectivity index (χ3n) is 2.36. The summed E-state index contributed by atoms with van der Waals surface area (Å²) in [6.07, 6.45) is 3.07. The van der Waals surface area contributed by atoms with E-state index in [0.29, 0.717) is 6.04 Å². The van der Waals surface area contributed by atoms with E-state index in [2.05, 4.69) is 23.8 Å². The molecule has 0 aromatic rings. The lowest BCUT2D eigenvalue weighted by Crippen LogP contribution is -2.42. The average molecular weight is 232 g/mol. The summed E-state index contributed by atoms with van der Waals surface area (Å²) in [7, 11) is 0. The lowest BCUT2D eigenvalue weighted by atomic mass is 10.1. The van der Waals surface area contributed by atoms with Crippen LogP contribution in [0.2, 0.25) is 0 Å². The number of nitrogens with one attached hydrogen (secondary N) is 2. The second kappa shape index (κ2) is 9.04. The van der Waals surface area contributed by atoms with E-state index in [4.69, 9.17) is 0 Å². The predicted molar refractivity (Wildman–Crippen MR) is 68.3 cm³/mol. The smallest absolute Gasteiger partial charge is 0.224 e. The molecule has 0 fully saturated rings. The van der Waals surface area contributed by atoms with Gasteiger partial charge in [0.2, 0.25) is 5.91 Å². The zero-order valence-corrected chi connectivity index (χ0v) is 11.1. The van der Waals surface area contributed by atoms with Crippen LogP contribution in [-0.4, -0.2) is 37.0 Å². The number of carbonyl (C=O) groups is 1. The minimum absolute atomic E-state index is 0.0563. The van der Waals surface area contributed by atoms with Gasteiger partial charge in [-0.3, -0.25) is 4.79 Å². The fourth-order valence-electron chi connectivity index (χ4n) is 1.26. The molecular weight excluding hydrogens is 208 g/mol. The number of amides is 1. The van der Waals surface area contributed by atoms with Gasteiger partial charge in [-0.1, -0.05) is 20.8 Å². The maximum absolute atomic E-state index is 11.7. The van der Waals surface area contributed by atoms with Crippen LogP contribution >= 0.6 is 11.8 Å². The fourth-order valence-corrected chi connectivity index (χ4v) is 1.98. The molecule has 3 nitrogen and oxygen atoms in total. The lowest BCUT2D eigenvalue weighted by Gasteiger charge is -2.19. The van der Waals surface area contributed by atoms with Crippen molar-refractivity contribution in [1.29, 1.82) is 0 Å². The Balaban J connectivity index is 3.87. The van der Waals surface area contributed by atoms with E-state index in [1.165, 1.54) is 0 Å². The summed E-state index contributed by atoms with van der Waals surface area (Å²) in [5.74, 6) is 1.22. The maximum atomic E-state index is 11.7. The van der Waals surface area contributed by atoms with Gasteiger partial charge in [-0.25, -0.2) is 0 Å². The third kappa shape index (κ3) is 6.79. The molecule has 0 rings (SSSR count). The minimum atomic E-state index is 0.0563. The molecule has 15 heavy (non-hydrogen) atoms. The SMILES string of the molecule is CCNCC(C)C(=O)NC(CC)CSC. The van der Waals surface area contributed by atoms with Crippen LogP contribution < -0.4 is 10.6 Å². The third-order valence-corrected chi connectivity index (χ3v) is 3.09. The Bertz CT molecular complexity index is 176. The Morgan fingerprint density at radius 1 is 1.40 bits per heavy atom. The highest BCUT2D eigenvalue weighted by Gasteiger charge is 2.15. The van der Waals surface area contributed by atoms with Gasteiger partial charge in [0.1, 0.15) is 0 Å². The van der Waals surface area contributed by atoms with Crippen molar-refractivity contribution in [3.63, 3.8) is 0 Å². The molecule has 0 aromatic heterocycles. The van der Waals surface area contributed by atoms with Crippen LogP contribution in [0.25, 0.3) is 0 Å². The molecule has 0 aliphatic rings. The van der Waals surface area contributed by atoms with Crippen LogP contribution in [0.3, 0.4) is 0 Å². The topological polar surface area (TPSA) is 41.1 Å². The number of carbonyl (C=O) groups excluding carboxylic acids is 1. The molecule has 0 aliphatic heterocycles. The molecular formula is C11H24N2OS. The first kappa shape index (κ1) is 14.8. The standard InChI is InChI=1S/C11H24N2OS/c1-5-10(8-15-4)13-11(14)9(3)7-12-6-2/h9-10,12H,5-8H2,1-4H3,(H,13,14). The van der Waals surface area contributed by atoms with Gasteiger partial charge in [0.15, 0.2) is 0 Å². The van der Waals surface area contributed by atoms with E-state index >= 15 is 0 Å². The van der Waals surface area contributed by atoms with E-state index < -0.39 is 0 Å². The molecule has 4 heteroatoms. The molecule has 2 N–H and O–H groups in total. The minimum Gasteiger partial charge on any atom is -0.352 e.